The molecule has 6 heteroatoms. The van der Waals surface area contributed by atoms with Crippen LogP contribution in [0.5, 0.6) is 0 Å². The molecule has 0 spiro atoms. The van der Waals surface area contributed by atoms with Crippen LogP contribution in [-0.2, 0) is 11.3 Å². The second-order valence-corrected chi connectivity index (χ2v) is 4.64. The molecule has 1 fully saturated rings. The zero-order valence-electron chi connectivity index (χ0n) is 11.2. The molecule has 2 N–H and O–H groups in total. The van der Waals surface area contributed by atoms with Gasteiger partial charge in [0.2, 0.25) is 0 Å². The highest BCUT2D eigenvalue weighted by Gasteiger charge is 2.17. The minimum Gasteiger partial charge on any atom is -0.467 e. The van der Waals surface area contributed by atoms with Gasteiger partial charge in [-0.15, -0.1) is 0 Å². The molecule has 0 bridgehead atoms. The molecule has 6 nitrogen and oxygen atoms in total. The Labute approximate surface area is 113 Å². The van der Waals surface area contributed by atoms with Crippen molar-refractivity contribution in [3.63, 3.8) is 0 Å². The molecular formula is C13H21N3O3. The average Bonchev–Trinajstić information content (AvgIpc) is 2.96. The number of nitrogens with zero attached hydrogens (tertiary/aromatic N) is 1. The molecule has 1 unspecified atom stereocenters. The molecule has 0 radical (unpaired) electrons. The maximum atomic E-state index is 11.6. The number of hydrogen-bond donors (Lipinski definition) is 2. The fraction of sp³-hybridized carbons (Fsp3) is 0.615. The van der Waals surface area contributed by atoms with Crippen LogP contribution in [0.1, 0.15) is 12.7 Å². The van der Waals surface area contributed by atoms with Gasteiger partial charge < -0.3 is 19.8 Å². The van der Waals surface area contributed by atoms with Crippen LogP contribution in [0, 0.1) is 0 Å². The Kier molecular flexibility index (Phi) is 5.23. The molecule has 0 aromatic carbocycles. The lowest BCUT2D eigenvalue weighted by Crippen LogP contribution is -2.48. The van der Waals surface area contributed by atoms with Crippen molar-refractivity contribution >= 4 is 6.03 Å². The van der Waals surface area contributed by atoms with Crippen molar-refractivity contribution in [3.05, 3.63) is 24.2 Å². The van der Waals surface area contributed by atoms with Crippen LogP contribution in [0.4, 0.5) is 4.79 Å². The summed E-state index contributed by atoms with van der Waals surface area (Å²) in [5.74, 6) is 0.747. The van der Waals surface area contributed by atoms with E-state index in [0.717, 1.165) is 32.1 Å². The average molecular weight is 267 g/mol. The zero-order chi connectivity index (χ0) is 13.5. The van der Waals surface area contributed by atoms with E-state index >= 15 is 0 Å². The number of hydrogen-bond acceptors (Lipinski definition) is 4. The number of amides is 2. The molecule has 1 atom stereocenters. The maximum Gasteiger partial charge on any atom is 0.315 e. The van der Waals surface area contributed by atoms with Gasteiger partial charge in [-0.05, 0) is 19.1 Å². The third-order valence-corrected chi connectivity index (χ3v) is 3.23. The van der Waals surface area contributed by atoms with Gasteiger partial charge in [0.1, 0.15) is 5.76 Å². The first-order valence-corrected chi connectivity index (χ1v) is 6.61. The monoisotopic (exact) mass is 267 g/mol. The number of nitrogens with one attached hydrogen (secondary N) is 2. The van der Waals surface area contributed by atoms with Crippen molar-refractivity contribution < 1.29 is 13.9 Å². The van der Waals surface area contributed by atoms with Crippen molar-refractivity contribution in [1.82, 2.24) is 15.5 Å². The number of urea groups is 1. The molecule has 0 aliphatic carbocycles. The summed E-state index contributed by atoms with van der Waals surface area (Å²) in [5, 5.41) is 5.62. The molecule has 106 valence electrons. The Balaban J connectivity index is 1.62. The summed E-state index contributed by atoms with van der Waals surface area (Å²) in [6.45, 7) is 6.55. The first-order chi connectivity index (χ1) is 9.25. The molecule has 1 saturated heterocycles. The molecule has 0 saturated carbocycles. The van der Waals surface area contributed by atoms with E-state index in [2.05, 4.69) is 22.5 Å². The fourth-order valence-electron chi connectivity index (χ4n) is 2.03. The normalized spacial score (nSPS) is 17.9. The summed E-state index contributed by atoms with van der Waals surface area (Å²) in [5.41, 5.74) is 0. The lowest BCUT2D eigenvalue weighted by atomic mass is 10.2. The lowest BCUT2D eigenvalue weighted by Gasteiger charge is -2.32. The molecule has 19 heavy (non-hydrogen) atoms. The predicted molar refractivity (Wildman–Crippen MR) is 70.8 cm³/mol. The number of carbonyl (C=O) groups is 1. The van der Waals surface area contributed by atoms with Crippen molar-refractivity contribution in [3.8, 4) is 0 Å². The molecule has 1 aliphatic heterocycles. The minimum absolute atomic E-state index is 0.170. The van der Waals surface area contributed by atoms with Gasteiger partial charge in [0, 0.05) is 25.7 Å². The van der Waals surface area contributed by atoms with Crippen LogP contribution in [0.25, 0.3) is 0 Å². The van der Waals surface area contributed by atoms with Gasteiger partial charge >= 0.3 is 6.03 Å². The van der Waals surface area contributed by atoms with E-state index in [1.165, 1.54) is 0 Å². The van der Waals surface area contributed by atoms with Crippen molar-refractivity contribution in [2.45, 2.75) is 19.5 Å². The summed E-state index contributed by atoms with van der Waals surface area (Å²) >= 11 is 0. The predicted octanol–water partition coefficient (Wildman–Crippen LogP) is 0.799. The van der Waals surface area contributed by atoms with E-state index in [0.29, 0.717) is 19.1 Å². The SMILES string of the molecule is CC(CNC(=O)NCc1ccco1)N1CCOCC1. The Morgan fingerprint density at radius 2 is 2.21 bits per heavy atom. The topological polar surface area (TPSA) is 66.7 Å². The van der Waals surface area contributed by atoms with Gasteiger partial charge in [-0.2, -0.15) is 0 Å². The summed E-state index contributed by atoms with van der Waals surface area (Å²) in [4.78, 5) is 13.9. The first-order valence-electron chi connectivity index (χ1n) is 6.61. The Hall–Kier alpha value is -1.53. The van der Waals surface area contributed by atoms with Crippen LogP contribution in [-0.4, -0.2) is 49.8 Å². The molecule has 1 aromatic heterocycles. The van der Waals surface area contributed by atoms with Crippen LogP contribution in [0.15, 0.2) is 22.8 Å². The van der Waals surface area contributed by atoms with E-state index in [1.54, 1.807) is 12.3 Å². The highest BCUT2D eigenvalue weighted by Crippen LogP contribution is 2.02. The molecule has 1 aliphatic rings. The van der Waals surface area contributed by atoms with Gasteiger partial charge in [0.15, 0.2) is 0 Å². The Morgan fingerprint density at radius 3 is 2.89 bits per heavy atom. The summed E-state index contributed by atoms with van der Waals surface area (Å²) in [6.07, 6.45) is 1.59. The Morgan fingerprint density at radius 1 is 1.42 bits per heavy atom. The standard InChI is InChI=1S/C13H21N3O3/c1-11(16-4-7-18-8-5-16)9-14-13(17)15-10-12-3-2-6-19-12/h2-3,6,11H,4-5,7-10H2,1H3,(H2,14,15,17). The van der Waals surface area contributed by atoms with E-state index in [9.17, 15) is 4.79 Å². The summed E-state index contributed by atoms with van der Waals surface area (Å²) < 4.78 is 10.4. The highest BCUT2D eigenvalue weighted by atomic mass is 16.5. The van der Waals surface area contributed by atoms with Gasteiger partial charge in [0.05, 0.1) is 26.0 Å². The number of rotatable bonds is 5. The lowest BCUT2D eigenvalue weighted by molar-refractivity contribution is 0.0209. The number of morpholine rings is 1. The van der Waals surface area contributed by atoms with Crippen LogP contribution < -0.4 is 10.6 Å². The fourth-order valence-corrected chi connectivity index (χ4v) is 2.03. The number of furan rings is 1. The van der Waals surface area contributed by atoms with Crippen LogP contribution >= 0.6 is 0 Å². The number of carbonyl (C=O) groups excluding carboxylic acids is 1. The molecule has 1 aromatic rings. The van der Waals surface area contributed by atoms with Crippen molar-refractivity contribution in [2.24, 2.45) is 0 Å². The second kappa shape index (κ2) is 7.16. The smallest absolute Gasteiger partial charge is 0.315 e. The van der Waals surface area contributed by atoms with Crippen LogP contribution in [0.3, 0.4) is 0 Å². The molecular weight excluding hydrogens is 246 g/mol. The second-order valence-electron chi connectivity index (χ2n) is 4.64. The third kappa shape index (κ3) is 4.57. The maximum absolute atomic E-state index is 11.6. The quantitative estimate of drug-likeness (QED) is 0.828. The van der Waals surface area contributed by atoms with Crippen molar-refractivity contribution in [2.75, 3.05) is 32.8 Å². The summed E-state index contributed by atoms with van der Waals surface area (Å²) in [7, 11) is 0. The highest BCUT2D eigenvalue weighted by molar-refractivity contribution is 5.73. The summed E-state index contributed by atoms with van der Waals surface area (Å²) in [6, 6.07) is 3.78. The van der Waals surface area contributed by atoms with Gasteiger partial charge in [0.25, 0.3) is 0 Å². The molecule has 2 amide bonds. The van der Waals surface area contributed by atoms with Gasteiger partial charge in [-0.3, -0.25) is 4.90 Å². The van der Waals surface area contributed by atoms with E-state index in [1.807, 2.05) is 6.07 Å². The largest absolute Gasteiger partial charge is 0.467 e. The first kappa shape index (κ1) is 13.9. The number of ether oxygens (including phenoxy) is 1. The van der Waals surface area contributed by atoms with Gasteiger partial charge in [-0.25, -0.2) is 4.79 Å². The van der Waals surface area contributed by atoms with Crippen molar-refractivity contribution in [1.29, 1.82) is 0 Å². The Bertz CT molecular complexity index is 374. The van der Waals surface area contributed by atoms with E-state index in [-0.39, 0.29) is 6.03 Å². The van der Waals surface area contributed by atoms with E-state index < -0.39 is 0 Å². The minimum atomic E-state index is -0.170. The molecule has 2 rings (SSSR count). The molecule has 2 heterocycles. The zero-order valence-corrected chi connectivity index (χ0v) is 11.2. The van der Waals surface area contributed by atoms with E-state index in [4.69, 9.17) is 9.15 Å². The van der Waals surface area contributed by atoms with Crippen LogP contribution in [0.2, 0.25) is 0 Å². The third-order valence-electron chi connectivity index (χ3n) is 3.23. The van der Waals surface area contributed by atoms with Gasteiger partial charge in [-0.1, -0.05) is 0 Å².